The summed E-state index contributed by atoms with van der Waals surface area (Å²) in [6.45, 7) is 0.403. The van der Waals surface area contributed by atoms with E-state index in [1.54, 1.807) is 12.4 Å². The van der Waals surface area contributed by atoms with Crippen LogP contribution in [0.4, 0.5) is 0 Å². The highest BCUT2D eigenvalue weighted by Gasteiger charge is 2.05. The molecule has 0 saturated heterocycles. The molecule has 0 saturated carbocycles. The molecule has 0 aliphatic rings. The number of hydrogen-bond donors (Lipinski definition) is 0. The van der Waals surface area contributed by atoms with Gasteiger partial charge in [-0.3, -0.25) is 4.98 Å². The van der Waals surface area contributed by atoms with Crippen LogP contribution in [0.3, 0.4) is 0 Å². The van der Waals surface area contributed by atoms with Gasteiger partial charge in [0.2, 0.25) is 0 Å². The molecule has 2 nitrogen and oxygen atoms in total. The van der Waals surface area contributed by atoms with E-state index in [1.807, 2.05) is 24.3 Å². The summed E-state index contributed by atoms with van der Waals surface area (Å²) in [5.41, 5.74) is 1.94. The molecule has 0 amide bonds. The van der Waals surface area contributed by atoms with Gasteiger partial charge in [-0.1, -0.05) is 17.7 Å². The van der Waals surface area contributed by atoms with Crippen LogP contribution in [0, 0.1) is 0 Å². The molecule has 0 aliphatic heterocycles. The van der Waals surface area contributed by atoms with Gasteiger partial charge in [-0.2, -0.15) is 0 Å². The summed E-state index contributed by atoms with van der Waals surface area (Å²) in [6, 6.07) is 7.60. The molecule has 0 N–H and O–H groups in total. The molecule has 0 atom stereocenters. The summed E-state index contributed by atoms with van der Waals surface area (Å²) < 4.78 is 6.58. The molecule has 5 heteroatoms. The molecule has 0 aliphatic carbocycles. The Balaban J connectivity index is 2.09. The summed E-state index contributed by atoms with van der Waals surface area (Å²) in [5.74, 6) is 1.24. The van der Waals surface area contributed by atoms with Gasteiger partial charge in [0.05, 0.1) is 9.50 Å². The normalized spacial score (nSPS) is 10.4. The molecular formula is C13H10BrCl2NO. The highest BCUT2D eigenvalue weighted by atomic mass is 79.9. The van der Waals surface area contributed by atoms with Gasteiger partial charge in [-0.25, -0.2) is 0 Å². The van der Waals surface area contributed by atoms with Gasteiger partial charge in [0.25, 0.3) is 0 Å². The molecule has 94 valence electrons. The summed E-state index contributed by atoms with van der Waals surface area (Å²) in [5, 5.41) is 0.603. The van der Waals surface area contributed by atoms with E-state index in [0.29, 0.717) is 17.5 Å². The lowest BCUT2D eigenvalue weighted by atomic mass is 10.2. The smallest absolute Gasteiger partial charge is 0.134 e. The fourth-order valence-corrected chi connectivity index (χ4v) is 2.30. The first kappa shape index (κ1) is 13.7. The number of ether oxygens (including phenoxy) is 1. The van der Waals surface area contributed by atoms with Gasteiger partial charge >= 0.3 is 0 Å². The molecule has 0 radical (unpaired) electrons. The van der Waals surface area contributed by atoms with Crippen molar-refractivity contribution in [3.05, 3.63) is 57.3 Å². The maximum atomic E-state index is 6.01. The van der Waals surface area contributed by atoms with Crippen molar-refractivity contribution >= 4 is 39.1 Å². The quantitative estimate of drug-likeness (QED) is 0.741. The first-order valence-corrected chi connectivity index (χ1v) is 6.97. The minimum atomic E-state index is 0.403. The van der Waals surface area contributed by atoms with Crippen molar-refractivity contribution in [1.82, 2.24) is 4.98 Å². The summed E-state index contributed by atoms with van der Waals surface area (Å²) in [7, 11) is 0. The Hall–Kier alpha value is -0.770. The lowest BCUT2D eigenvalue weighted by Crippen LogP contribution is -1.97. The van der Waals surface area contributed by atoms with Crippen LogP contribution in [0.25, 0.3) is 0 Å². The molecule has 1 aromatic carbocycles. The van der Waals surface area contributed by atoms with E-state index in [2.05, 4.69) is 20.9 Å². The number of aromatic nitrogens is 1. The number of nitrogens with zero attached hydrogens (tertiary/aromatic N) is 1. The Kier molecular flexibility index (Phi) is 4.87. The molecule has 18 heavy (non-hydrogen) atoms. The number of halogens is 3. The fourth-order valence-electron chi connectivity index (χ4n) is 1.42. The second kappa shape index (κ2) is 6.41. The fraction of sp³-hybridized carbons (Fsp3) is 0.154. The first-order valence-electron chi connectivity index (χ1n) is 5.26. The molecule has 1 aromatic heterocycles. The van der Waals surface area contributed by atoms with Gasteiger partial charge in [0.1, 0.15) is 12.4 Å². The predicted octanol–water partition coefficient (Wildman–Crippen LogP) is 4.82. The number of hydrogen-bond acceptors (Lipinski definition) is 2. The first-order chi connectivity index (χ1) is 8.70. The highest BCUT2D eigenvalue weighted by molar-refractivity contribution is 9.10. The summed E-state index contributed by atoms with van der Waals surface area (Å²) >= 11 is 15.2. The van der Waals surface area contributed by atoms with Crippen molar-refractivity contribution in [1.29, 1.82) is 0 Å². The average molecular weight is 347 g/mol. The van der Waals surface area contributed by atoms with Crippen LogP contribution in [0.5, 0.6) is 5.75 Å². The zero-order chi connectivity index (χ0) is 13.0. The van der Waals surface area contributed by atoms with Crippen LogP contribution in [-0.4, -0.2) is 4.98 Å². The Morgan fingerprint density at radius 3 is 2.78 bits per heavy atom. The molecule has 2 aromatic rings. The lowest BCUT2D eigenvalue weighted by molar-refractivity contribution is 0.304. The number of pyridine rings is 1. The van der Waals surface area contributed by atoms with Gasteiger partial charge in [0.15, 0.2) is 0 Å². The highest BCUT2D eigenvalue weighted by Crippen LogP contribution is 2.28. The van der Waals surface area contributed by atoms with Crippen molar-refractivity contribution in [2.75, 3.05) is 0 Å². The van der Waals surface area contributed by atoms with E-state index in [9.17, 15) is 0 Å². The SMILES string of the molecule is ClCc1ccc(OCc2ccncc2Cl)c(Br)c1. The second-order valence-electron chi connectivity index (χ2n) is 3.65. The zero-order valence-electron chi connectivity index (χ0n) is 9.37. The molecule has 1 heterocycles. The van der Waals surface area contributed by atoms with Crippen molar-refractivity contribution in [3.63, 3.8) is 0 Å². The van der Waals surface area contributed by atoms with Gasteiger partial charge in [-0.05, 0) is 39.7 Å². The third-order valence-corrected chi connectivity index (χ3v) is 3.66. The molecule has 2 rings (SSSR count). The molecule has 0 unspecified atom stereocenters. The summed E-state index contributed by atoms with van der Waals surface area (Å²) in [6.07, 6.45) is 3.29. The predicted molar refractivity (Wildman–Crippen MR) is 77.3 cm³/mol. The van der Waals surface area contributed by atoms with E-state index < -0.39 is 0 Å². The van der Waals surface area contributed by atoms with Crippen molar-refractivity contribution in [3.8, 4) is 5.75 Å². The van der Waals surface area contributed by atoms with E-state index in [1.165, 1.54) is 0 Å². The number of alkyl halides is 1. The van der Waals surface area contributed by atoms with Crippen molar-refractivity contribution in [2.24, 2.45) is 0 Å². The van der Waals surface area contributed by atoms with E-state index in [0.717, 1.165) is 21.3 Å². The maximum Gasteiger partial charge on any atom is 0.134 e. The zero-order valence-corrected chi connectivity index (χ0v) is 12.5. The maximum absolute atomic E-state index is 6.01. The average Bonchev–Trinajstić information content (AvgIpc) is 2.39. The van der Waals surface area contributed by atoms with Crippen LogP contribution in [0.2, 0.25) is 5.02 Å². The second-order valence-corrected chi connectivity index (χ2v) is 5.18. The van der Waals surface area contributed by atoms with Gasteiger partial charge in [0, 0.05) is 23.8 Å². The number of rotatable bonds is 4. The monoisotopic (exact) mass is 345 g/mol. The minimum absolute atomic E-state index is 0.403. The standard InChI is InChI=1S/C13H10BrCl2NO/c14-11-5-9(6-15)1-2-13(11)18-8-10-3-4-17-7-12(10)16/h1-5,7H,6,8H2. The van der Waals surface area contributed by atoms with Crippen LogP contribution < -0.4 is 4.74 Å². The van der Waals surface area contributed by atoms with Crippen molar-refractivity contribution < 1.29 is 4.74 Å². The third-order valence-electron chi connectivity index (χ3n) is 2.39. The Morgan fingerprint density at radius 1 is 1.28 bits per heavy atom. The Bertz CT molecular complexity index is 548. The molecule has 0 bridgehead atoms. The lowest BCUT2D eigenvalue weighted by Gasteiger charge is -2.10. The Labute approximate surface area is 124 Å². The van der Waals surface area contributed by atoms with Crippen LogP contribution in [0.15, 0.2) is 41.1 Å². The van der Waals surface area contributed by atoms with E-state index in [4.69, 9.17) is 27.9 Å². The molecular weight excluding hydrogens is 337 g/mol. The van der Waals surface area contributed by atoms with Crippen LogP contribution in [-0.2, 0) is 12.5 Å². The minimum Gasteiger partial charge on any atom is -0.488 e. The largest absolute Gasteiger partial charge is 0.488 e. The topological polar surface area (TPSA) is 22.1 Å². The van der Waals surface area contributed by atoms with Crippen LogP contribution >= 0.6 is 39.1 Å². The van der Waals surface area contributed by atoms with Crippen LogP contribution in [0.1, 0.15) is 11.1 Å². The summed E-state index contributed by atoms with van der Waals surface area (Å²) in [4.78, 5) is 3.93. The Morgan fingerprint density at radius 2 is 2.11 bits per heavy atom. The number of benzene rings is 1. The molecule has 0 fully saturated rings. The van der Waals surface area contributed by atoms with E-state index >= 15 is 0 Å². The van der Waals surface area contributed by atoms with Gasteiger partial charge < -0.3 is 4.74 Å². The third kappa shape index (κ3) is 3.37. The molecule has 0 spiro atoms. The van der Waals surface area contributed by atoms with Gasteiger partial charge in [-0.15, -0.1) is 11.6 Å². The van der Waals surface area contributed by atoms with E-state index in [-0.39, 0.29) is 0 Å². The van der Waals surface area contributed by atoms with Crippen molar-refractivity contribution in [2.45, 2.75) is 12.5 Å².